The third-order valence-corrected chi connectivity index (χ3v) is 6.62. The van der Waals surface area contributed by atoms with Crippen molar-refractivity contribution in [1.29, 1.82) is 0 Å². The fourth-order valence-electron chi connectivity index (χ4n) is 4.34. The summed E-state index contributed by atoms with van der Waals surface area (Å²) in [5, 5.41) is 9.69. The van der Waals surface area contributed by atoms with Crippen molar-refractivity contribution < 1.29 is 9.59 Å². The fraction of sp³-hybridized carbons (Fsp3) is 0.500. The number of nitrogens with zero attached hydrogens (tertiary/aromatic N) is 3. The molecule has 1 saturated carbocycles. The molecule has 9 heteroatoms. The molecule has 3 N–H and O–H groups in total. The molecule has 1 aromatic heterocycles. The van der Waals surface area contributed by atoms with Gasteiger partial charge in [0.1, 0.15) is 11.4 Å². The summed E-state index contributed by atoms with van der Waals surface area (Å²) in [5.41, 5.74) is 1.56. The molecule has 0 spiro atoms. The van der Waals surface area contributed by atoms with E-state index in [9.17, 15) is 9.59 Å². The van der Waals surface area contributed by atoms with Gasteiger partial charge >= 0.3 is 0 Å². The smallest absolute Gasteiger partial charge is 0.256 e. The van der Waals surface area contributed by atoms with Gasteiger partial charge in [-0.1, -0.05) is 40.9 Å². The number of nitrogens with one attached hydrogen (secondary N) is 3. The van der Waals surface area contributed by atoms with Crippen molar-refractivity contribution in [3.63, 3.8) is 0 Å². The molecule has 1 aromatic carbocycles. The average Bonchev–Trinajstić information content (AvgIpc) is 3.47. The monoisotopic (exact) mass is 514 g/mol. The number of rotatable bonds is 10. The number of halogens is 1. The van der Waals surface area contributed by atoms with E-state index in [0.29, 0.717) is 49.4 Å². The fourth-order valence-corrected chi connectivity index (χ4v) is 4.79. The molecule has 8 nitrogen and oxygen atoms in total. The first kappa shape index (κ1) is 23.5. The molecule has 0 unspecified atom stereocenters. The first-order valence-electron chi connectivity index (χ1n) is 11.8. The van der Waals surface area contributed by atoms with Crippen LogP contribution < -0.4 is 16.0 Å². The molecule has 0 bridgehead atoms. The number of hydrogen-bond acceptors (Lipinski definition) is 6. The van der Waals surface area contributed by atoms with E-state index in [2.05, 4.69) is 41.8 Å². The second-order valence-electron chi connectivity index (χ2n) is 8.66. The van der Waals surface area contributed by atoms with E-state index in [4.69, 9.17) is 0 Å². The number of carbonyl (C=O) groups excluding carboxylic acids is 2. The lowest BCUT2D eigenvalue weighted by Gasteiger charge is -2.18. The summed E-state index contributed by atoms with van der Waals surface area (Å²) >= 11 is 3.49. The molecule has 1 aliphatic carbocycles. The van der Waals surface area contributed by atoms with Gasteiger partial charge in [0.15, 0.2) is 0 Å². The Balaban J connectivity index is 1.38. The summed E-state index contributed by atoms with van der Waals surface area (Å²) in [4.78, 5) is 35.5. The van der Waals surface area contributed by atoms with E-state index in [1.54, 1.807) is 6.20 Å². The Morgan fingerprint density at radius 2 is 2.06 bits per heavy atom. The van der Waals surface area contributed by atoms with Crippen molar-refractivity contribution >= 4 is 39.5 Å². The summed E-state index contributed by atoms with van der Waals surface area (Å²) in [6, 6.07) is 8.38. The summed E-state index contributed by atoms with van der Waals surface area (Å²) < 4.78 is 1.02. The molecular formula is C24H31BrN6O2. The van der Waals surface area contributed by atoms with Crippen LogP contribution in [-0.4, -0.2) is 52.4 Å². The van der Waals surface area contributed by atoms with Crippen LogP contribution in [0.5, 0.6) is 0 Å². The number of benzene rings is 1. The first-order valence-corrected chi connectivity index (χ1v) is 12.6. The van der Waals surface area contributed by atoms with Gasteiger partial charge in [-0.15, -0.1) is 0 Å². The largest absolute Gasteiger partial charge is 0.367 e. The minimum absolute atomic E-state index is 0.193. The van der Waals surface area contributed by atoms with Crippen molar-refractivity contribution in [3.8, 4) is 0 Å². The quantitative estimate of drug-likeness (QED) is 0.415. The van der Waals surface area contributed by atoms with Gasteiger partial charge in [0.25, 0.3) is 5.91 Å². The molecule has 1 aliphatic heterocycles. The molecule has 33 heavy (non-hydrogen) atoms. The number of carbonyl (C=O) groups is 2. The highest BCUT2D eigenvalue weighted by molar-refractivity contribution is 9.10. The molecule has 2 aromatic rings. The number of anilines is 2. The van der Waals surface area contributed by atoms with E-state index in [0.717, 1.165) is 42.3 Å². The van der Waals surface area contributed by atoms with Crippen LogP contribution in [0.1, 0.15) is 60.9 Å². The number of likely N-dealkylation sites (tertiary alicyclic amines) is 1. The molecule has 1 saturated heterocycles. The van der Waals surface area contributed by atoms with E-state index in [-0.39, 0.29) is 11.8 Å². The van der Waals surface area contributed by atoms with Gasteiger partial charge < -0.3 is 20.9 Å². The Labute approximate surface area is 203 Å². The predicted octanol–water partition coefficient (Wildman–Crippen LogP) is 3.95. The highest BCUT2D eigenvalue weighted by atomic mass is 79.9. The molecule has 0 radical (unpaired) electrons. The Kier molecular flexibility index (Phi) is 8.15. The van der Waals surface area contributed by atoms with Crippen LogP contribution in [0.15, 0.2) is 34.9 Å². The minimum atomic E-state index is -0.193. The van der Waals surface area contributed by atoms with Crippen molar-refractivity contribution in [2.24, 2.45) is 0 Å². The Morgan fingerprint density at radius 3 is 2.82 bits per heavy atom. The van der Waals surface area contributed by atoms with E-state index in [1.807, 2.05) is 29.2 Å². The topological polar surface area (TPSA) is 99.2 Å². The van der Waals surface area contributed by atoms with Gasteiger partial charge in [-0.05, 0) is 43.4 Å². The first-order chi connectivity index (χ1) is 16.1. The van der Waals surface area contributed by atoms with Crippen LogP contribution in [-0.2, 0) is 11.3 Å². The van der Waals surface area contributed by atoms with Gasteiger partial charge in [0.05, 0.1) is 0 Å². The zero-order valence-electron chi connectivity index (χ0n) is 18.8. The van der Waals surface area contributed by atoms with Crippen molar-refractivity contribution in [2.75, 3.05) is 30.3 Å². The van der Waals surface area contributed by atoms with E-state index < -0.39 is 0 Å². The highest BCUT2D eigenvalue weighted by Crippen LogP contribution is 2.24. The number of hydrogen-bond donors (Lipinski definition) is 3. The molecule has 0 atom stereocenters. The molecule has 2 fully saturated rings. The van der Waals surface area contributed by atoms with Crippen LogP contribution in [0.25, 0.3) is 0 Å². The molecule has 2 heterocycles. The summed E-state index contributed by atoms with van der Waals surface area (Å²) in [5.74, 6) is 1.07. The highest BCUT2D eigenvalue weighted by Gasteiger charge is 2.21. The van der Waals surface area contributed by atoms with E-state index in [1.165, 1.54) is 12.8 Å². The number of amides is 2. The van der Waals surface area contributed by atoms with Gasteiger partial charge in [0.2, 0.25) is 11.9 Å². The maximum atomic E-state index is 12.9. The maximum absolute atomic E-state index is 12.9. The van der Waals surface area contributed by atoms with Crippen LogP contribution in [0.2, 0.25) is 0 Å². The predicted molar refractivity (Wildman–Crippen MR) is 132 cm³/mol. The van der Waals surface area contributed by atoms with Gasteiger partial charge in [0, 0.05) is 49.3 Å². The van der Waals surface area contributed by atoms with Crippen LogP contribution in [0.4, 0.5) is 11.8 Å². The minimum Gasteiger partial charge on any atom is -0.367 e. The maximum Gasteiger partial charge on any atom is 0.256 e. The lowest BCUT2D eigenvalue weighted by Crippen LogP contribution is -2.31. The van der Waals surface area contributed by atoms with Crippen LogP contribution >= 0.6 is 15.9 Å². The molecule has 2 aliphatic rings. The molecule has 2 amide bonds. The second kappa shape index (κ2) is 11.4. The Bertz CT molecular complexity index is 979. The Morgan fingerprint density at radius 1 is 1.21 bits per heavy atom. The van der Waals surface area contributed by atoms with Gasteiger partial charge in [-0.2, -0.15) is 4.98 Å². The van der Waals surface area contributed by atoms with Crippen LogP contribution in [0.3, 0.4) is 0 Å². The van der Waals surface area contributed by atoms with Crippen molar-refractivity contribution in [3.05, 3.63) is 46.1 Å². The molecular weight excluding hydrogens is 484 g/mol. The van der Waals surface area contributed by atoms with Crippen molar-refractivity contribution in [1.82, 2.24) is 20.2 Å². The van der Waals surface area contributed by atoms with Gasteiger partial charge in [-0.25, -0.2) is 4.98 Å². The van der Waals surface area contributed by atoms with E-state index >= 15 is 0 Å². The van der Waals surface area contributed by atoms with Crippen LogP contribution in [0, 0.1) is 0 Å². The number of aromatic nitrogens is 2. The zero-order valence-corrected chi connectivity index (χ0v) is 20.4. The third kappa shape index (κ3) is 6.66. The normalized spacial score (nSPS) is 16.3. The Hall–Kier alpha value is -2.68. The summed E-state index contributed by atoms with van der Waals surface area (Å²) in [6.45, 7) is 2.60. The third-order valence-electron chi connectivity index (χ3n) is 6.13. The lowest BCUT2D eigenvalue weighted by molar-refractivity contribution is -0.127. The van der Waals surface area contributed by atoms with Crippen molar-refractivity contribution in [2.45, 2.75) is 57.5 Å². The SMILES string of the molecule is O=C(NCCCN1CCCC1=O)c1cnc(NCc2cccc(Br)c2)nc1NC1CCCC1. The van der Waals surface area contributed by atoms with Gasteiger partial charge in [-0.3, -0.25) is 9.59 Å². The lowest BCUT2D eigenvalue weighted by atomic mass is 10.2. The average molecular weight is 515 g/mol. The zero-order chi connectivity index (χ0) is 23.0. The molecule has 4 rings (SSSR count). The molecule has 176 valence electrons. The standard InChI is InChI=1S/C24H31BrN6O2/c25-18-7-3-6-17(14-18)15-27-24-28-16-20(22(30-24)29-19-8-1-2-9-19)23(33)26-11-5-13-31-12-4-10-21(31)32/h3,6-7,14,16,19H,1-2,4-5,8-13,15H2,(H,26,33)(H2,27,28,29,30). The second-order valence-corrected chi connectivity index (χ2v) is 9.57. The summed E-state index contributed by atoms with van der Waals surface area (Å²) in [7, 11) is 0. The summed E-state index contributed by atoms with van der Waals surface area (Å²) in [6.07, 6.45) is 8.43.